The Morgan fingerprint density at radius 2 is 2.03 bits per heavy atom. The molecule has 5 aromatic rings. The van der Waals surface area contributed by atoms with E-state index in [1.807, 2.05) is 18.5 Å². The van der Waals surface area contributed by atoms with Gasteiger partial charge in [-0.25, -0.2) is 4.98 Å². The molecule has 1 aromatic carbocycles. The number of terminal acetylenes is 1. The Bertz CT molecular complexity index is 1470. The van der Waals surface area contributed by atoms with E-state index in [0.29, 0.717) is 5.92 Å². The smallest absolute Gasteiger partial charge is 0.160 e. The van der Waals surface area contributed by atoms with E-state index in [4.69, 9.17) is 11.4 Å². The highest BCUT2D eigenvalue weighted by atomic mass is 15.0. The third kappa shape index (κ3) is 3.96. The number of fused-ring (bicyclic) bond motifs is 2. The zero-order valence-corrected chi connectivity index (χ0v) is 19.0. The third-order valence-corrected chi connectivity index (χ3v) is 6.37. The molecule has 0 bridgehead atoms. The summed E-state index contributed by atoms with van der Waals surface area (Å²) in [6.45, 7) is 5.24. The molecule has 4 heterocycles. The fourth-order valence-electron chi connectivity index (χ4n) is 4.31. The number of imidazole rings is 1. The first kappa shape index (κ1) is 20.8. The normalized spacial score (nSPS) is 12.2. The van der Waals surface area contributed by atoms with Crippen molar-refractivity contribution < 1.29 is 0 Å². The highest BCUT2D eigenvalue weighted by Gasteiger charge is 2.15. The Kier molecular flexibility index (Phi) is 5.58. The van der Waals surface area contributed by atoms with Gasteiger partial charge in [0, 0.05) is 70.8 Å². The molecule has 4 aromatic heterocycles. The predicted molar refractivity (Wildman–Crippen MR) is 136 cm³/mol. The van der Waals surface area contributed by atoms with Gasteiger partial charge in [-0.2, -0.15) is 0 Å². The van der Waals surface area contributed by atoms with E-state index >= 15 is 0 Å². The molecule has 0 fully saturated rings. The Balaban J connectivity index is 1.51. The van der Waals surface area contributed by atoms with Crippen molar-refractivity contribution in [2.75, 3.05) is 11.9 Å². The average Bonchev–Trinajstić information content (AvgIpc) is 3.48. The number of pyridine rings is 2. The first-order valence-corrected chi connectivity index (χ1v) is 11.4. The number of benzene rings is 1. The van der Waals surface area contributed by atoms with Crippen LogP contribution < -0.4 is 5.32 Å². The zero-order chi connectivity index (χ0) is 22.8. The molecule has 1 atom stereocenters. The lowest BCUT2D eigenvalue weighted by Crippen LogP contribution is -2.07. The van der Waals surface area contributed by atoms with Crippen molar-refractivity contribution in [3.63, 3.8) is 0 Å². The molecule has 0 saturated heterocycles. The lowest BCUT2D eigenvalue weighted by molar-refractivity contribution is 0.701. The molecule has 0 aliphatic carbocycles. The van der Waals surface area contributed by atoms with Gasteiger partial charge in [0.2, 0.25) is 0 Å². The molecular weight excluding hydrogens is 406 g/mol. The molecule has 5 nitrogen and oxygen atoms in total. The largest absolute Gasteiger partial charge is 0.382 e. The van der Waals surface area contributed by atoms with E-state index < -0.39 is 0 Å². The molecule has 33 heavy (non-hydrogen) atoms. The van der Waals surface area contributed by atoms with E-state index in [9.17, 15) is 0 Å². The number of nitrogens with zero attached hydrogens (tertiary/aromatic N) is 3. The van der Waals surface area contributed by atoms with Crippen LogP contribution in [0.4, 0.5) is 5.69 Å². The Labute approximate surface area is 193 Å². The molecule has 5 rings (SSSR count). The van der Waals surface area contributed by atoms with Gasteiger partial charge in [0.1, 0.15) is 0 Å². The topological polar surface area (TPSA) is 58.0 Å². The second-order valence-corrected chi connectivity index (χ2v) is 8.47. The van der Waals surface area contributed by atoms with Crippen LogP contribution in [0.2, 0.25) is 0 Å². The summed E-state index contributed by atoms with van der Waals surface area (Å²) in [5.74, 6) is 3.09. The van der Waals surface area contributed by atoms with Crippen LogP contribution in [0.3, 0.4) is 0 Å². The molecule has 0 aliphatic rings. The van der Waals surface area contributed by atoms with E-state index in [0.717, 1.165) is 47.4 Å². The lowest BCUT2D eigenvalue weighted by atomic mass is 10.0. The summed E-state index contributed by atoms with van der Waals surface area (Å²) < 4.78 is 2.21. The highest BCUT2D eigenvalue weighted by molar-refractivity contribution is 5.83. The van der Waals surface area contributed by atoms with Gasteiger partial charge in [-0.15, -0.1) is 6.42 Å². The summed E-state index contributed by atoms with van der Waals surface area (Å²) in [7, 11) is 0. The maximum Gasteiger partial charge on any atom is 0.160 e. The Hall–Kier alpha value is -4.04. The van der Waals surface area contributed by atoms with Crippen LogP contribution in [0.5, 0.6) is 0 Å². The summed E-state index contributed by atoms with van der Waals surface area (Å²) in [5, 5.41) is 4.92. The first-order valence-electron chi connectivity index (χ1n) is 11.4. The van der Waals surface area contributed by atoms with Gasteiger partial charge in [0.05, 0.1) is 5.69 Å². The number of anilines is 1. The number of aromatic amines is 1. The van der Waals surface area contributed by atoms with Gasteiger partial charge >= 0.3 is 0 Å². The maximum atomic E-state index is 5.61. The van der Waals surface area contributed by atoms with Crippen molar-refractivity contribution in [3.8, 4) is 23.5 Å². The fraction of sp³-hybridized carbons (Fsp3) is 0.214. The minimum atomic E-state index is 0.407. The van der Waals surface area contributed by atoms with Crippen LogP contribution in [-0.4, -0.2) is 25.9 Å². The average molecular weight is 434 g/mol. The molecule has 2 N–H and O–H groups in total. The zero-order valence-electron chi connectivity index (χ0n) is 19.0. The summed E-state index contributed by atoms with van der Waals surface area (Å²) >= 11 is 0. The summed E-state index contributed by atoms with van der Waals surface area (Å²) in [6, 6.07) is 12.6. The van der Waals surface area contributed by atoms with Crippen molar-refractivity contribution in [2.24, 2.45) is 0 Å². The van der Waals surface area contributed by atoms with Crippen LogP contribution in [0.15, 0.2) is 67.4 Å². The number of para-hydroxylation sites is 1. The van der Waals surface area contributed by atoms with Crippen molar-refractivity contribution in [3.05, 3.63) is 84.2 Å². The van der Waals surface area contributed by atoms with Gasteiger partial charge < -0.3 is 14.7 Å². The molecule has 0 saturated carbocycles. The number of aromatic nitrogens is 4. The minimum absolute atomic E-state index is 0.407. The van der Waals surface area contributed by atoms with Crippen LogP contribution in [0.1, 0.15) is 43.0 Å². The summed E-state index contributed by atoms with van der Waals surface area (Å²) in [6.07, 6.45) is 17.4. The predicted octanol–water partition coefficient (Wildman–Crippen LogP) is 6.03. The number of H-pyrrole nitrogens is 1. The molecular formula is C28H27N5. The molecule has 0 spiro atoms. The first-order chi connectivity index (χ1) is 16.2. The number of rotatable bonds is 7. The van der Waals surface area contributed by atoms with Crippen molar-refractivity contribution >= 4 is 22.2 Å². The van der Waals surface area contributed by atoms with E-state index in [2.05, 4.69) is 82.2 Å². The summed E-state index contributed by atoms with van der Waals surface area (Å²) in [5.41, 5.74) is 8.45. The Morgan fingerprint density at radius 3 is 2.88 bits per heavy atom. The van der Waals surface area contributed by atoms with Crippen LogP contribution >= 0.6 is 0 Å². The number of nitrogens with one attached hydrogen (secondary N) is 2. The fourth-order valence-corrected chi connectivity index (χ4v) is 4.31. The van der Waals surface area contributed by atoms with Gasteiger partial charge in [-0.1, -0.05) is 38.0 Å². The van der Waals surface area contributed by atoms with E-state index in [-0.39, 0.29) is 0 Å². The quantitative estimate of drug-likeness (QED) is 0.308. The molecule has 0 amide bonds. The number of hydrogen-bond acceptors (Lipinski definition) is 3. The molecule has 5 heteroatoms. The van der Waals surface area contributed by atoms with Gasteiger partial charge in [-0.05, 0) is 42.5 Å². The van der Waals surface area contributed by atoms with Gasteiger partial charge in [0.15, 0.2) is 5.65 Å². The Morgan fingerprint density at radius 1 is 1.15 bits per heavy atom. The lowest BCUT2D eigenvalue weighted by Gasteiger charge is -2.14. The molecule has 0 radical (unpaired) electrons. The third-order valence-electron chi connectivity index (χ3n) is 6.37. The molecule has 1 unspecified atom stereocenters. The number of hydrogen-bond donors (Lipinski definition) is 2. The second kappa shape index (κ2) is 8.84. The monoisotopic (exact) mass is 433 g/mol. The summed E-state index contributed by atoms with van der Waals surface area (Å²) in [4.78, 5) is 12.5. The maximum absolute atomic E-state index is 5.61. The van der Waals surface area contributed by atoms with Gasteiger partial charge in [0.25, 0.3) is 0 Å². The standard InChI is InChI=1S/C28H27N5/c1-4-19(3)27-17-32-28-26(30-11-10-21-16-31-25-9-7-6-8-24(21)25)13-23(18-33(27)28)22-12-20(5-2)14-29-15-22/h2,6-9,12-19,30-31H,4,10-11H2,1,3H3. The van der Waals surface area contributed by atoms with E-state index in [1.54, 1.807) is 6.20 Å². The van der Waals surface area contributed by atoms with Crippen molar-refractivity contribution in [2.45, 2.75) is 32.6 Å². The van der Waals surface area contributed by atoms with Crippen LogP contribution in [0.25, 0.3) is 27.7 Å². The highest BCUT2D eigenvalue weighted by Crippen LogP contribution is 2.30. The SMILES string of the molecule is C#Cc1cncc(-c2cc(NCCc3c[nH]c4ccccc34)c3ncc(C(C)CC)n3c2)c1. The van der Waals surface area contributed by atoms with Crippen LogP contribution in [-0.2, 0) is 6.42 Å². The molecule has 0 aliphatic heterocycles. The molecule has 164 valence electrons. The van der Waals surface area contributed by atoms with Crippen molar-refractivity contribution in [1.29, 1.82) is 0 Å². The van der Waals surface area contributed by atoms with E-state index in [1.165, 1.54) is 22.2 Å². The second-order valence-electron chi connectivity index (χ2n) is 8.47. The van der Waals surface area contributed by atoms with Gasteiger partial charge in [-0.3, -0.25) is 4.98 Å². The minimum Gasteiger partial charge on any atom is -0.382 e. The van der Waals surface area contributed by atoms with Crippen molar-refractivity contribution in [1.82, 2.24) is 19.4 Å². The van der Waals surface area contributed by atoms with Crippen LogP contribution in [0, 0.1) is 12.3 Å².